The second-order valence-electron chi connectivity index (χ2n) is 5.79. The molecular weight excluding hydrogens is 436 g/mol. The summed E-state index contributed by atoms with van der Waals surface area (Å²) in [6.45, 7) is 1.83. The molecule has 1 aliphatic heterocycles. The van der Waals surface area contributed by atoms with Gasteiger partial charge in [0, 0.05) is 4.47 Å². The fourth-order valence-electron chi connectivity index (χ4n) is 2.60. The first-order valence-corrected chi connectivity index (χ1v) is 9.00. The lowest BCUT2D eigenvalue weighted by Gasteiger charge is -2.26. The second kappa shape index (κ2) is 7.54. The first kappa shape index (κ1) is 19.1. The average molecular weight is 450 g/mol. The van der Waals surface area contributed by atoms with E-state index in [2.05, 4.69) is 21.2 Å². The Kier molecular flexibility index (Phi) is 5.34. The van der Waals surface area contributed by atoms with Crippen LogP contribution in [-0.4, -0.2) is 25.0 Å². The molecule has 6 nitrogen and oxygen atoms in total. The summed E-state index contributed by atoms with van der Waals surface area (Å²) in [6.07, 6.45) is 1.38. The molecule has 4 amide bonds. The van der Waals surface area contributed by atoms with Crippen LogP contribution in [0.15, 0.2) is 46.4 Å². The lowest BCUT2D eigenvalue weighted by molar-refractivity contribution is -0.122. The van der Waals surface area contributed by atoms with Crippen LogP contribution in [0, 0.1) is 6.92 Å². The van der Waals surface area contributed by atoms with Gasteiger partial charge in [0.1, 0.15) is 11.3 Å². The van der Waals surface area contributed by atoms with E-state index < -0.39 is 17.8 Å². The highest BCUT2D eigenvalue weighted by Gasteiger charge is 2.36. The Morgan fingerprint density at radius 2 is 1.89 bits per heavy atom. The molecule has 0 aliphatic carbocycles. The molecule has 1 heterocycles. The van der Waals surface area contributed by atoms with E-state index in [0.29, 0.717) is 22.0 Å². The van der Waals surface area contributed by atoms with Gasteiger partial charge in [-0.2, -0.15) is 0 Å². The number of hydrogen-bond donors (Lipinski definition) is 1. The molecule has 0 saturated carbocycles. The van der Waals surface area contributed by atoms with Crippen LogP contribution < -0.4 is 15.0 Å². The van der Waals surface area contributed by atoms with Crippen LogP contribution in [0.5, 0.6) is 5.75 Å². The van der Waals surface area contributed by atoms with Crippen molar-refractivity contribution in [2.24, 2.45) is 0 Å². The highest BCUT2D eigenvalue weighted by atomic mass is 79.9. The number of ether oxygens (including phenoxy) is 1. The fourth-order valence-corrected chi connectivity index (χ4v) is 3.11. The van der Waals surface area contributed by atoms with Gasteiger partial charge in [0.15, 0.2) is 0 Å². The van der Waals surface area contributed by atoms with Crippen LogP contribution in [0.1, 0.15) is 11.1 Å². The Morgan fingerprint density at radius 3 is 2.52 bits per heavy atom. The number of imide groups is 2. The number of hydrogen-bond acceptors (Lipinski definition) is 4. The Balaban J connectivity index is 2.01. The van der Waals surface area contributed by atoms with Gasteiger partial charge in [-0.1, -0.05) is 33.6 Å². The summed E-state index contributed by atoms with van der Waals surface area (Å²) in [4.78, 5) is 38.2. The molecule has 0 radical (unpaired) electrons. The zero-order chi connectivity index (χ0) is 19.7. The molecule has 1 N–H and O–H groups in total. The van der Waals surface area contributed by atoms with E-state index in [4.69, 9.17) is 16.3 Å². The van der Waals surface area contributed by atoms with Crippen LogP contribution in [0.4, 0.5) is 10.5 Å². The smallest absolute Gasteiger partial charge is 0.335 e. The Labute approximate surface area is 168 Å². The van der Waals surface area contributed by atoms with Crippen LogP contribution in [-0.2, 0) is 9.59 Å². The van der Waals surface area contributed by atoms with E-state index in [-0.39, 0.29) is 5.57 Å². The molecule has 3 rings (SSSR count). The van der Waals surface area contributed by atoms with Gasteiger partial charge >= 0.3 is 6.03 Å². The third-order valence-electron chi connectivity index (χ3n) is 3.99. The lowest BCUT2D eigenvalue weighted by Crippen LogP contribution is -2.54. The average Bonchev–Trinajstić information content (AvgIpc) is 2.61. The van der Waals surface area contributed by atoms with Crippen molar-refractivity contribution in [3.63, 3.8) is 0 Å². The van der Waals surface area contributed by atoms with Gasteiger partial charge in [-0.3, -0.25) is 14.9 Å². The maximum absolute atomic E-state index is 12.9. The number of nitrogens with zero attached hydrogens (tertiary/aromatic N) is 1. The number of aryl methyl sites for hydroxylation is 1. The Bertz CT molecular complexity index is 1000. The summed E-state index contributed by atoms with van der Waals surface area (Å²) in [5.74, 6) is -1.00. The van der Waals surface area contributed by atoms with Gasteiger partial charge in [-0.05, 0) is 54.5 Å². The van der Waals surface area contributed by atoms with E-state index in [1.165, 1.54) is 13.2 Å². The third kappa shape index (κ3) is 3.74. The highest BCUT2D eigenvalue weighted by molar-refractivity contribution is 9.10. The van der Waals surface area contributed by atoms with Crippen molar-refractivity contribution in [1.82, 2.24) is 5.32 Å². The zero-order valence-corrected chi connectivity index (χ0v) is 16.7. The number of anilines is 1. The largest absolute Gasteiger partial charge is 0.495 e. The number of carbonyl (C=O) groups is 3. The molecule has 2 aromatic carbocycles. The maximum Gasteiger partial charge on any atom is 0.335 e. The van der Waals surface area contributed by atoms with Crippen molar-refractivity contribution in [2.75, 3.05) is 12.0 Å². The van der Waals surface area contributed by atoms with E-state index in [1.54, 1.807) is 36.4 Å². The number of urea groups is 1. The molecule has 138 valence electrons. The summed E-state index contributed by atoms with van der Waals surface area (Å²) in [7, 11) is 1.49. The third-order valence-corrected chi connectivity index (χ3v) is 5.17. The van der Waals surface area contributed by atoms with Crippen LogP contribution in [0.25, 0.3) is 6.08 Å². The molecule has 8 heteroatoms. The number of halogens is 2. The molecule has 0 unspecified atom stereocenters. The van der Waals surface area contributed by atoms with Gasteiger partial charge in [0.25, 0.3) is 11.8 Å². The van der Waals surface area contributed by atoms with Crippen molar-refractivity contribution in [3.8, 4) is 5.75 Å². The number of rotatable bonds is 3. The molecule has 0 aromatic heterocycles. The zero-order valence-electron chi connectivity index (χ0n) is 14.4. The number of amides is 4. The molecular formula is C19H14BrClN2O4. The lowest BCUT2D eigenvalue weighted by atomic mass is 10.1. The number of barbiturate groups is 1. The summed E-state index contributed by atoms with van der Waals surface area (Å²) < 4.78 is 5.93. The van der Waals surface area contributed by atoms with Gasteiger partial charge in [-0.15, -0.1) is 0 Å². The molecule has 0 spiro atoms. The molecule has 1 aliphatic rings. The van der Waals surface area contributed by atoms with Crippen molar-refractivity contribution in [3.05, 3.63) is 62.6 Å². The minimum absolute atomic E-state index is 0.170. The molecule has 1 saturated heterocycles. The Hall–Kier alpha value is -2.64. The first-order chi connectivity index (χ1) is 12.8. The minimum atomic E-state index is -0.795. The maximum atomic E-state index is 12.9. The number of methoxy groups -OCH3 is 1. The second-order valence-corrected chi connectivity index (χ2v) is 7.05. The standard InChI is InChI=1S/C19H14BrClN2O4/c1-10-7-12(4-5-14(10)20)23-18(25)13(17(24)22-19(23)26)8-11-3-6-16(27-2)15(21)9-11/h3-9H,1-2H3,(H,22,24,26)/b13-8-. The number of benzene rings is 2. The first-order valence-electron chi connectivity index (χ1n) is 7.83. The van der Waals surface area contributed by atoms with Gasteiger partial charge < -0.3 is 4.74 Å². The predicted octanol–water partition coefficient (Wildman–Crippen LogP) is 4.09. The SMILES string of the molecule is COc1ccc(/C=C2/C(=O)NC(=O)N(c3ccc(Br)c(C)c3)C2=O)cc1Cl. The molecule has 27 heavy (non-hydrogen) atoms. The number of nitrogens with one attached hydrogen (secondary N) is 1. The number of carbonyl (C=O) groups excluding carboxylic acids is 3. The van der Waals surface area contributed by atoms with Gasteiger partial charge in [-0.25, -0.2) is 9.69 Å². The quantitative estimate of drug-likeness (QED) is 0.566. The molecule has 0 bridgehead atoms. The van der Waals surface area contributed by atoms with Crippen LogP contribution in [0.2, 0.25) is 5.02 Å². The summed E-state index contributed by atoms with van der Waals surface area (Å²) >= 11 is 9.47. The predicted molar refractivity (Wildman–Crippen MR) is 106 cm³/mol. The van der Waals surface area contributed by atoms with Crippen molar-refractivity contribution in [1.29, 1.82) is 0 Å². The van der Waals surface area contributed by atoms with E-state index >= 15 is 0 Å². The normalized spacial score (nSPS) is 15.9. The minimum Gasteiger partial charge on any atom is -0.495 e. The fraction of sp³-hybridized carbons (Fsp3) is 0.105. The van der Waals surface area contributed by atoms with Crippen molar-refractivity contribution in [2.45, 2.75) is 6.92 Å². The molecule has 2 aromatic rings. The molecule has 0 atom stereocenters. The van der Waals surface area contributed by atoms with Crippen molar-refractivity contribution >= 4 is 57.1 Å². The van der Waals surface area contributed by atoms with Gasteiger partial charge in [0.05, 0.1) is 17.8 Å². The summed E-state index contributed by atoms with van der Waals surface area (Å²) in [6, 6.07) is 9.08. The highest BCUT2D eigenvalue weighted by Crippen LogP contribution is 2.28. The summed E-state index contributed by atoms with van der Waals surface area (Å²) in [5, 5.41) is 2.53. The summed E-state index contributed by atoms with van der Waals surface area (Å²) in [5.41, 5.74) is 1.57. The monoisotopic (exact) mass is 448 g/mol. The Morgan fingerprint density at radius 1 is 1.15 bits per heavy atom. The molecule has 1 fully saturated rings. The van der Waals surface area contributed by atoms with Crippen LogP contribution in [0.3, 0.4) is 0 Å². The topological polar surface area (TPSA) is 75.7 Å². The van der Waals surface area contributed by atoms with Crippen LogP contribution >= 0.6 is 27.5 Å². The van der Waals surface area contributed by atoms with Crippen molar-refractivity contribution < 1.29 is 19.1 Å². The van der Waals surface area contributed by atoms with Gasteiger partial charge in [0.2, 0.25) is 0 Å². The van der Waals surface area contributed by atoms with E-state index in [1.807, 2.05) is 6.92 Å². The van der Waals surface area contributed by atoms with E-state index in [0.717, 1.165) is 14.9 Å². The van der Waals surface area contributed by atoms with E-state index in [9.17, 15) is 14.4 Å².